The third kappa shape index (κ3) is 2.23. The lowest BCUT2D eigenvalue weighted by molar-refractivity contribution is 0.0705. The number of amides is 1. The fourth-order valence-electron chi connectivity index (χ4n) is 1.86. The van der Waals surface area contributed by atoms with Crippen molar-refractivity contribution in [2.24, 2.45) is 5.92 Å². The first kappa shape index (κ1) is 11.9. The topological polar surface area (TPSA) is 33.2 Å². The second-order valence-corrected chi connectivity index (χ2v) is 5.72. The van der Waals surface area contributed by atoms with E-state index >= 15 is 0 Å². The number of rotatable bonds is 1. The van der Waals surface area contributed by atoms with E-state index < -0.39 is 0 Å². The summed E-state index contributed by atoms with van der Waals surface area (Å²) < 4.78 is 0. The molecule has 0 aromatic carbocycles. The lowest BCUT2D eigenvalue weighted by Crippen LogP contribution is -2.43. The Bertz CT molecular complexity index is 393. The van der Waals surface area contributed by atoms with Crippen LogP contribution in [0.1, 0.15) is 28.7 Å². The molecule has 2 atom stereocenters. The molecular weight excluding hydrogens is 244 g/mol. The van der Waals surface area contributed by atoms with E-state index in [1.165, 1.54) is 11.3 Å². The molecule has 1 aliphatic heterocycles. The summed E-state index contributed by atoms with van der Waals surface area (Å²) in [5.41, 5.74) is 2.53. The second-order valence-electron chi connectivity index (χ2n) is 4.30. The van der Waals surface area contributed by atoms with Crippen LogP contribution in [0.2, 0.25) is 0 Å². The molecule has 1 amide bonds. The largest absolute Gasteiger partial charge is 0.336 e. The number of hydrogen-bond donors (Lipinski definition) is 0. The van der Waals surface area contributed by atoms with Gasteiger partial charge >= 0.3 is 0 Å². The van der Waals surface area contributed by atoms with Gasteiger partial charge in [0.15, 0.2) is 0 Å². The lowest BCUT2D eigenvalue weighted by atomic mass is 9.98. The quantitative estimate of drug-likeness (QED) is 0.726. The third-order valence-corrected chi connectivity index (χ3v) is 4.58. The molecular formula is C11H15ClN2OS. The summed E-state index contributed by atoms with van der Waals surface area (Å²) in [5.74, 6) is 0.575. The molecule has 0 aliphatic carbocycles. The average Bonchev–Trinajstić information content (AvgIpc) is 2.67. The fourth-order valence-corrected chi connectivity index (χ4v) is 2.92. The minimum atomic E-state index is 0.0749. The van der Waals surface area contributed by atoms with E-state index in [-0.39, 0.29) is 11.3 Å². The monoisotopic (exact) mass is 258 g/mol. The SMILES string of the molecule is Cc1ncsc1C(=O)N1CCC(C)C(Cl)C1. The first-order valence-corrected chi connectivity index (χ1v) is 6.74. The number of thiazole rings is 1. The summed E-state index contributed by atoms with van der Waals surface area (Å²) in [6.07, 6.45) is 0.984. The highest BCUT2D eigenvalue weighted by molar-refractivity contribution is 7.11. The maximum absolute atomic E-state index is 12.2. The maximum atomic E-state index is 12.2. The van der Waals surface area contributed by atoms with Crippen molar-refractivity contribution in [2.45, 2.75) is 25.6 Å². The van der Waals surface area contributed by atoms with Gasteiger partial charge in [-0.3, -0.25) is 4.79 Å². The van der Waals surface area contributed by atoms with Crippen LogP contribution in [0, 0.1) is 12.8 Å². The summed E-state index contributed by atoms with van der Waals surface area (Å²) >= 11 is 7.61. The molecule has 2 unspecified atom stereocenters. The zero-order valence-electron chi connectivity index (χ0n) is 9.44. The molecule has 88 valence electrons. The van der Waals surface area contributed by atoms with Crippen molar-refractivity contribution in [3.8, 4) is 0 Å². The van der Waals surface area contributed by atoms with Gasteiger partial charge in [0.1, 0.15) is 4.88 Å². The van der Waals surface area contributed by atoms with Gasteiger partial charge in [-0.2, -0.15) is 0 Å². The zero-order chi connectivity index (χ0) is 11.7. The van der Waals surface area contributed by atoms with Crippen molar-refractivity contribution in [2.75, 3.05) is 13.1 Å². The Kier molecular flexibility index (Phi) is 3.50. The van der Waals surface area contributed by atoms with Gasteiger partial charge in [-0.1, -0.05) is 6.92 Å². The fraction of sp³-hybridized carbons (Fsp3) is 0.636. The molecule has 0 N–H and O–H groups in total. The Morgan fingerprint density at radius 2 is 2.44 bits per heavy atom. The number of aryl methyl sites for hydroxylation is 1. The van der Waals surface area contributed by atoms with Gasteiger partial charge in [0.05, 0.1) is 16.6 Å². The van der Waals surface area contributed by atoms with Gasteiger partial charge in [-0.05, 0) is 19.3 Å². The summed E-state index contributed by atoms with van der Waals surface area (Å²) in [5, 5.41) is 0.0749. The summed E-state index contributed by atoms with van der Waals surface area (Å²) in [6, 6.07) is 0. The highest BCUT2D eigenvalue weighted by Gasteiger charge is 2.29. The minimum absolute atomic E-state index is 0.0749. The Labute approximate surface area is 104 Å². The van der Waals surface area contributed by atoms with Gasteiger partial charge in [0, 0.05) is 13.1 Å². The van der Waals surface area contributed by atoms with Crippen LogP contribution in [0.5, 0.6) is 0 Å². The smallest absolute Gasteiger partial charge is 0.265 e. The molecule has 3 nitrogen and oxygen atoms in total. The van der Waals surface area contributed by atoms with Gasteiger partial charge in [0.25, 0.3) is 5.91 Å². The Morgan fingerprint density at radius 3 is 3.00 bits per heavy atom. The van der Waals surface area contributed by atoms with Crippen molar-refractivity contribution < 1.29 is 4.79 Å². The first-order valence-electron chi connectivity index (χ1n) is 5.43. The maximum Gasteiger partial charge on any atom is 0.265 e. The molecule has 0 bridgehead atoms. The van der Waals surface area contributed by atoms with Crippen LogP contribution in [-0.2, 0) is 0 Å². The van der Waals surface area contributed by atoms with Crippen molar-refractivity contribution >= 4 is 28.8 Å². The van der Waals surface area contributed by atoms with E-state index in [0.29, 0.717) is 12.5 Å². The van der Waals surface area contributed by atoms with Gasteiger partial charge in [-0.15, -0.1) is 22.9 Å². The molecule has 2 rings (SSSR count). The number of piperidine rings is 1. The van der Waals surface area contributed by atoms with E-state index in [1.807, 2.05) is 11.8 Å². The van der Waals surface area contributed by atoms with E-state index in [4.69, 9.17) is 11.6 Å². The molecule has 0 radical (unpaired) electrons. The number of carbonyl (C=O) groups is 1. The molecule has 1 fully saturated rings. The number of alkyl halides is 1. The van der Waals surface area contributed by atoms with Crippen molar-refractivity contribution in [1.82, 2.24) is 9.88 Å². The van der Waals surface area contributed by atoms with Crippen molar-refractivity contribution in [3.63, 3.8) is 0 Å². The number of halogens is 1. The molecule has 1 saturated heterocycles. The molecule has 16 heavy (non-hydrogen) atoms. The summed E-state index contributed by atoms with van der Waals surface area (Å²) in [4.78, 5) is 18.9. The van der Waals surface area contributed by atoms with Crippen molar-refractivity contribution in [3.05, 3.63) is 16.1 Å². The van der Waals surface area contributed by atoms with Crippen molar-refractivity contribution in [1.29, 1.82) is 0 Å². The van der Waals surface area contributed by atoms with Crippen LogP contribution in [0.4, 0.5) is 0 Å². The highest BCUT2D eigenvalue weighted by Crippen LogP contribution is 2.24. The average molecular weight is 259 g/mol. The predicted molar refractivity (Wildman–Crippen MR) is 66.2 cm³/mol. The van der Waals surface area contributed by atoms with Gasteiger partial charge in [-0.25, -0.2) is 4.98 Å². The zero-order valence-corrected chi connectivity index (χ0v) is 11.0. The van der Waals surface area contributed by atoms with Crippen LogP contribution in [0.3, 0.4) is 0 Å². The summed E-state index contributed by atoms with van der Waals surface area (Å²) in [6.45, 7) is 5.46. The van der Waals surface area contributed by atoms with Crippen LogP contribution >= 0.6 is 22.9 Å². The Balaban J connectivity index is 2.09. The van der Waals surface area contributed by atoms with Crippen LogP contribution in [-0.4, -0.2) is 34.3 Å². The van der Waals surface area contributed by atoms with Gasteiger partial charge < -0.3 is 4.90 Å². The molecule has 1 aliphatic rings. The third-order valence-electron chi connectivity index (χ3n) is 3.09. The Morgan fingerprint density at radius 1 is 1.69 bits per heavy atom. The standard InChI is InChI=1S/C11H15ClN2OS/c1-7-3-4-14(5-9(7)12)11(15)10-8(2)13-6-16-10/h6-7,9H,3-5H2,1-2H3. The summed E-state index contributed by atoms with van der Waals surface area (Å²) in [7, 11) is 0. The second kappa shape index (κ2) is 4.72. The molecule has 1 aromatic rings. The van der Waals surface area contributed by atoms with E-state index in [9.17, 15) is 4.79 Å². The van der Waals surface area contributed by atoms with E-state index in [2.05, 4.69) is 11.9 Å². The Hall–Kier alpha value is -0.610. The van der Waals surface area contributed by atoms with Crippen LogP contribution in [0.25, 0.3) is 0 Å². The number of carbonyl (C=O) groups excluding carboxylic acids is 1. The number of likely N-dealkylation sites (tertiary alicyclic amines) is 1. The van der Waals surface area contributed by atoms with Crippen LogP contribution < -0.4 is 0 Å². The van der Waals surface area contributed by atoms with Crippen LogP contribution in [0.15, 0.2) is 5.51 Å². The minimum Gasteiger partial charge on any atom is -0.336 e. The molecule has 2 heterocycles. The number of nitrogens with zero attached hydrogens (tertiary/aromatic N) is 2. The van der Waals surface area contributed by atoms with E-state index in [1.54, 1.807) is 5.51 Å². The number of aromatic nitrogens is 1. The molecule has 5 heteroatoms. The normalized spacial score (nSPS) is 25.8. The molecule has 0 spiro atoms. The predicted octanol–water partition coefficient (Wildman–Crippen LogP) is 2.54. The molecule has 0 saturated carbocycles. The molecule has 1 aromatic heterocycles. The van der Waals surface area contributed by atoms with Gasteiger partial charge in [0.2, 0.25) is 0 Å². The highest BCUT2D eigenvalue weighted by atomic mass is 35.5. The number of hydrogen-bond acceptors (Lipinski definition) is 3. The first-order chi connectivity index (χ1) is 7.59. The van der Waals surface area contributed by atoms with E-state index in [0.717, 1.165) is 23.5 Å². The lowest BCUT2D eigenvalue weighted by Gasteiger charge is -2.33.